The second-order valence-electron chi connectivity index (χ2n) is 4.20. The molecule has 18 heavy (non-hydrogen) atoms. The van der Waals surface area contributed by atoms with Gasteiger partial charge in [-0.1, -0.05) is 48.9 Å². The van der Waals surface area contributed by atoms with E-state index in [-0.39, 0.29) is 5.56 Å². The third kappa shape index (κ3) is 2.26. The molecule has 0 bridgehead atoms. The van der Waals surface area contributed by atoms with Gasteiger partial charge in [-0.25, -0.2) is 4.39 Å². The molecule has 1 N–H and O–H groups in total. The Morgan fingerprint density at radius 3 is 2.50 bits per heavy atom. The normalized spacial score (nSPS) is 14.2. The molecule has 2 aromatic rings. The molecule has 0 aliphatic heterocycles. The van der Waals surface area contributed by atoms with Crippen LogP contribution >= 0.6 is 11.6 Å². The molecule has 0 aromatic heterocycles. The third-order valence-corrected chi connectivity index (χ3v) is 3.37. The molecule has 2 rings (SSSR count). The monoisotopic (exact) mass is 264 g/mol. The van der Waals surface area contributed by atoms with Gasteiger partial charge in [0.2, 0.25) is 0 Å². The van der Waals surface area contributed by atoms with Crippen molar-refractivity contribution >= 4 is 11.6 Å². The maximum absolute atomic E-state index is 13.9. The quantitative estimate of drug-likeness (QED) is 0.884. The van der Waals surface area contributed by atoms with E-state index < -0.39 is 11.4 Å². The van der Waals surface area contributed by atoms with E-state index in [1.54, 1.807) is 42.5 Å². The molecule has 0 fully saturated rings. The Morgan fingerprint density at radius 1 is 1.17 bits per heavy atom. The third-order valence-electron chi connectivity index (χ3n) is 3.13. The van der Waals surface area contributed by atoms with Crippen molar-refractivity contribution in [2.45, 2.75) is 18.9 Å². The van der Waals surface area contributed by atoms with Crippen molar-refractivity contribution < 1.29 is 9.50 Å². The van der Waals surface area contributed by atoms with Gasteiger partial charge in [-0.3, -0.25) is 0 Å². The van der Waals surface area contributed by atoms with Crippen LogP contribution in [0.4, 0.5) is 4.39 Å². The first-order valence-electron chi connectivity index (χ1n) is 5.81. The lowest BCUT2D eigenvalue weighted by Crippen LogP contribution is -2.27. The fourth-order valence-corrected chi connectivity index (χ4v) is 2.28. The molecule has 94 valence electrons. The van der Waals surface area contributed by atoms with Gasteiger partial charge >= 0.3 is 0 Å². The van der Waals surface area contributed by atoms with Gasteiger partial charge in [-0.2, -0.15) is 0 Å². The highest BCUT2D eigenvalue weighted by atomic mass is 35.5. The predicted octanol–water partition coefficient (Wildman–Crippen LogP) is 4.13. The molecule has 1 unspecified atom stereocenters. The second-order valence-corrected chi connectivity index (χ2v) is 4.64. The first kappa shape index (κ1) is 13.1. The molecule has 0 amide bonds. The summed E-state index contributed by atoms with van der Waals surface area (Å²) in [5.74, 6) is -0.415. The summed E-state index contributed by atoms with van der Waals surface area (Å²) in [6.07, 6.45) is 0.369. The van der Waals surface area contributed by atoms with Gasteiger partial charge in [0, 0.05) is 10.6 Å². The van der Waals surface area contributed by atoms with Crippen LogP contribution in [0.2, 0.25) is 5.02 Å². The highest BCUT2D eigenvalue weighted by Crippen LogP contribution is 2.35. The summed E-state index contributed by atoms with van der Waals surface area (Å²) < 4.78 is 13.9. The van der Waals surface area contributed by atoms with Gasteiger partial charge in [0.1, 0.15) is 11.4 Å². The molecule has 1 nitrogen and oxygen atoms in total. The second kappa shape index (κ2) is 5.09. The van der Waals surface area contributed by atoms with E-state index in [0.717, 1.165) is 0 Å². The van der Waals surface area contributed by atoms with E-state index in [1.807, 2.05) is 6.92 Å². The summed E-state index contributed by atoms with van der Waals surface area (Å²) in [4.78, 5) is 0. The number of aliphatic hydroxyl groups is 1. The molecule has 1 atom stereocenters. The Morgan fingerprint density at radius 2 is 1.89 bits per heavy atom. The van der Waals surface area contributed by atoms with Crippen molar-refractivity contribution in [3.05, 3.63) is 70.5 Å². The van der Waals surface area contributed by atoms with Gasteiger partial charge in [0.25, 0.3) is 0 Å². The predicted molar refractivity (Wildman–Crippen MR) is 71.1 cm³/mol. The Labute approximate surface area is 111 Å². The van der Waals surface area contributed by atoms with E-state index in [0.29, 0.717) is 17.0 Å². The van der Waals surface area contributed by atoms with Crippen molar-refractivity contribution in [1.82, 2.24) is 0 Å². The van der Waals surface area contributed by atoms with Crippen LogP contribution in [0.3, 0.4) is 0 Å². The number of hydrogen-bond donors (Lipinski definition) is 1. The zero-order valence-electron chi connectivity index (χ0n) is 10.0. The first-order chi connectivity index (χ1) is 8.58. The molecule has 0 saturated heterocycles. The van der Waals surface area contributed by atoms with Crippen LogP contribution in [0.15, 0.2) is 48.5 Å². The summed E-state index contributed by atoms with van der Waals surface area (Å²) in [5, 5.41) is 11.3. The molecule has 0 saturated carbocycles. The molecular weight excluding hydrogens is 251 g/mol. The Kier molecular flexibility index (Phi) is 3.69. The first-order valence-corrected chi connectivity index (χ1v) is 6.19. The molecular formula is C15H14ClFO. The lowest BCUT2D eigenvalue weighted by atomic mass is 9.84. The topological polar surface area (TPSA) is 20.2 Å². The minimum absolute atomic E-state index is 0.273. The number of hydrogen-bond acceptors (Lipinski definition) is 1. The van der Waals surface area contributed by atoms with E-state index in [4.69, 9.17) is 11.6 Å². The van der Waals surface area contributed by atoms with Crippen LogP contribution in [0, 0.1) is 5.82 Å². The molecule has 2 aromatic carbocycles. The van der Waals surface area contributed by atoms with Gasteiger partial charge in [-0.05, 0) is 30.2 Å². The van der Waals surface area contributed by atoms with Crippen molar-refractivity contribution in [2.75, 3.05) is 0 Å². The zero-order valence-corrected chi connectivity index (χ0v) is 10.8. The van der Waals surface area contributed by atoms with Crippen LogP contribution in [0.5, 0.6) is 0 Å². The standard InChI is InChI=1S/C15H14ClFO/c1-2-15(18,11-6-5-7-12(16)10-11)13-8-3-4-9-14(13)17/h3-10,18H,2H2,1H3. The van der Waals surface area contributed by atoms with Crippen molar-refractivity contribution in [3.63, 3.8) is 0 Å². The minimum atomic E-state index is -1.35. The smallest absolute Gasteiger partial charge is 0.129 e. The minimum Gasteiger partial charge on any atom is -0.380 e. The van der Waals surface area contributed by atoms with Crippen molar-refractivity contribution in [2.24, 2.45) is 0 Å². The maximum atomic E-state index is 13.9. The van der Waals surface area contributed by atoms with Crippen LogP contribution < -0.4 is 0 Å². The summed E-state index contributed by atoms with van der Waals surface area (Å²) >= 11 is 5.93. The molecule has 0 aliphatic rings. The SMILES string of the molecule is CCC(O)(c1cccc(Cl)c1)c1ccccc1F. The molecule has 0 radical (unpaired) electrons. The van der Waals surface area contributed by atoms with E-state index in [9.17, 15) is 9.50 Å². The largest absolute Gasteiger partial charge is 0.380 e. The van der Waals surface area contributed by atoms with Crippen molar-refractivity contribution in [3.8, 4) is 0 Å². The summed E-state index contributed by atoms with van der Waals surface area (Å²) in [7, 11) is 0. The van der Waals surface area contributed by atoms with Gasteiger partial charge in [0.05, 0.1) is 0 Å². The lowest BCUT2D eigenvalue weighted by Gasteiger charge is -2.28. The Hall–Kier alpha value is -1.38. The number of halogens is 2. The van der Waals surface area contributed by atoms with E-state index in [1.165, 1.54) is 6.07 Å². The fraction of sp³-hybridized carbons (Fsp3) is 0.200. The zero-order chi connectivity index (χ0) is 13.2. The average Bonchev–Trinajstić information content (AvgIpc) is 2.38. The number of rotatable bonds is 3. The van der Waals surface area contributed by atoms with Gasteiger partial charge in [-0.15, -0.1) is 0 Å². The maximum Gasteiger partial charge on any atom is 0.129 e. The summed E-state index contributed by atoms with van der Waals surface area (Å²) in [6.45, 7) is 1.81. The summed E-state index contributed by atoms with van der Waals surface area (Å²) in [5.41, 5.74) is -0.478. The van der Waals surface area contributed by atoms with Crippen LogP contribution in [-0.4, -0.2) is 5.11 Å². The van der Waals surface area contributed by atoms with Crippen LogP contribution in [-0.2, 0) is 5.60 Å². The van der Waals surface area contributed by atoms with Crippen molar-refractivity contribution in [1.29, 1.82) is 0 Å². The average molecular weight is 265 g/mol. The highest BCUT2D eigenvalue weighted by Gasteiger charge is 2.32. The highest BCUT2D eigenvalue weighted by molar-refractivity contribution is 6.30. The molecule has 0 spiro atoms. The lowest BCUT2D eigenvalue weighted by molar-refractivity contribution is 0.0726. The van der Waals surface area contributed by atoms with Gasteiger partial charge < -0.3 is 5.11 Å². The molecule has 3 heteroatoms. The fourth-order valence-electron chi connectivity index (χ4n) is 2.09. The van der Waals surface area contributed by atoms with E-state index >= 15 is 0 Å². The summed E-state index contributed by atoms with van der Waals surface area (Å²) in [6, 6.07) is 13.2. The van der Waals surface area contributed by atoms with E-state index in [2.05, 4.69) is 0 Å². The Bertz CT molecular complexity index is 556. The number of benzene rings is 2. The molecule has 0 heterocycles. The Balaban J connectivity index is 2.59. The molecule has 0 aliphatic carbocycles. The van der Waals surface area contributed by atoms with Crippen LogP contribution in [0.25, 0.3) is 0 Å². The van der Waals surface area contributed by atoms with Gasteiger partial charge in [0.15, 0.2) is 0 Å². The van der Waals surface area contributed by atoms with Crippen LogP contribution in [0.1, 0.15) is 24.5 Å².